The second kappa shape index (κ2) is 5.37. The zero-order valence-electron chi connectivity index (χ0n) is 9.42. The van der Waals surface area contributed by atoms with E-state index in [2.05, 4.69) is 32.7 Å². The van der Waals surface area contributed by atoms with Gasteiger partial charge in [-0.3, -0.25) is 0 Å². The molecule has 1 aliphatic rings. The summed E-state index contributed by atoms with van der Waals surface area (Å²) >= 11 is 9.57. The largest absolute Gasteiger partial charge is 0.355 e. The van der Waals surface area contributed by atoms with Crippen molar-refractivity contribution < 1.29 is 0 Å². The van der Waals surface area contributed by atoms with E-state index in [0.29, 0.717) is 5.92 Å². The van der Waals surface area contributed by atoms with Gasteiger partial charge in [-0.15, -0.1) is 11.6 Å². The first-order chi connectivity index (χ1) is 7.72. The van der Waals surface area contributed by atoms with E-state index in [1.165, 1.54) is 18.4 Å². The molecule has 0 N–H and O–H groups in total. The molecule has 0 spiro atoms. The maximum absolute atomic E-state index is 5.95. The minimum absolute atomic E-state index is 0.602. The smallest absolute Gasteiger partial charge is 0.143 e. The molecule has 1 aromatic heterocycles. The van der Waals surface area contributed by atoms with Gasteiger partial charge in [-0.25, -0.2) is 4.98 Å². The minimum Gasteiger partial charge on any atom is -0.355 e. The third-order valence-electron chi connectivity index (χ3n) is 3.10. The van der Waals surface area contributed by atoms with Crippen LogP contribution >= 0.6 is 27.5 Å². The molecule has 1 unspecified atom stereocenters. The summed E-state index contributed by atoms with van der Waals surface area (Å²) in [5.41, 5.74) is 1.23. The molecular weight excluding hydrogens is 288 g/mol. The van der Waals surface area contributed by atoms with Crippen LogP contribution < -0.4 is 4.90 Å². The summed E-state index contributed by atoms with van der Waals surface area (Å²) in [6.45, 7) is 4.21. The predicted molar refractivity (Wildman–Crippen MR) is 72.3 cm³/mol. The zero-order valence-corrected chi connectivity index (χ0v) is 11.8. The highest BCUT2D eigenvalue weighted by Crippen LogP contribution is 2.30. The van der Waals surface area contributed by atoms with Crippen molar-refractivity contribution >= 4 is 33.3 Å². The highest BCUT2D eigenvalue weighted by Gasteiger charge is 2.21. The molecule has 2 nitrogen and oxygen atoms in total. The van der Waals surface area contributed by atoms with Gasteiger partial charge in [0.2, 0.25) is 0 Å². The van der Waals surface area contributed by atoms with E-state index in [4.69, 9.17) is 11.6 Å². The average molecular weight is 304 g/mol. The molecule has 1 atom stereocenters. The molecule has 0 saturated carbocycles. The number of pyridine rings is 1. The van der Waals surface area contributed by atoms with Crippen LogP contribution in [0.15, 0.2) is 16.7 Å². The van der Waals surface area contributed by atoms with Crippen molar-refractivity contribution in [2.24, 2.45) is 5.92 Å². The van der Waals surface area contributed by atoms with Crippen LogP contribution in [0.3, 0.4) is 0 Å². The predicted octanol–water partition coefficient (Wildman–Crippen LogP) is 3.61. The van der Waals surface area contributed by atoms with Gasteiger partial charge in [0.25, 0.3) is 0 Å². The second-order valence-corrected chi connectivity index (χ2v) is 5.48. The topological polar surface area (TPSA) is 16.1 Å². The van der Waals surface area contributed by atoms with Gasteiger partial charge in [0.05, 0.1) is 4.47 Å². The van der Waals surface area contributed by atoms with Gasteiger partial charge in [0.15, 0.2) is 0 Å². The minimum atomic E-state index is 0.602. The third kappa shape index (κ3) is 2.51. The van der Waals surface area contributed by atoms with Crippen LogP contribution in [0, 0.1) is 12.8 Å². The molecule has 1 aliphatic heterocycles. The number of alkyl halides is 1. The van der Waals surface area contributed by atoms with Crippen LogP contribution in [0.4, 0.5) is 5.82 Å². The van der Waals surface area contributed by atoms with Gasteiger partial charge in [0, 0.05) is 25.2 Å². The van der Waals surface area contributed by atoms with Crippen molar-refractivity contribution in [3.63, 3.8) is 0 Å². The van der Waals surface area contributed by atoms with Gasteiger partial charge < -0.3 is 4.90 Å². The third-order valence-corrected chi connectivity index (χ3v) is 4.52. The van der Waals surface area contributed by atoms with Crippen molar-refractivity contribution in [3.05, 3.63) is 22.3 Å². The van der Waals surface area contributed by atoms with Crippen molar-refractivity contribution in [2.75, 3.05) is 23.9 Å². The number of hydrogen-bond acceptors (Lipinski definition) is 2. The Morgan fingerprint density at radius 2 is 2.44 bits per heavy atom. The molecule has 2 heterocycles. The fraction of sp³-hybridized carbons (Fsp3) is 0.583. The molecule has 0 amide bonds. The highest BCUT2D eigenvalue weighted by atomic mass is 79.9. The molecule has 0 aliphatic carbocycles. The normalized spacial score (nSPS) is 21.2. The Labute approximate surface area is 110 Å². The van der Waals surface area contributed by atoms with E-state index in [0.717, 1.165) is 29.3 Å². The van der Waals surface area contributed by atoms with Gasteiger partial charge in [-0.1, -0.05) is 0 Å². The molecule has 4 heteroatoms. The maximum Gasteiger partial charge on any atom is 0.143 e. The molecule has 1 saturated heterocycles. The summed E-state index contributed by atoms with van der Waals surface area (Å²) in [6.07, 6.45) is 4.32. The number of aryl methyl sites for hydroxylation is 1. The van der Waals surface area contributed by atoms with Gasteiger partial charge in [-0.05, 0) is 53.2 Å². The van der Waals surface area contributed by atoms with Crippen LogP contribution in [-0.4, -0.2) is 24.0 Å². The number of rotatable bonds is 2. The Kier molecular flexibility index (Phi) is 4.09. The molecular formula is C12H16BrClN2. The standard InChI is InChI=1S/C12H16BrClN2/c1-9-4-5-15-12(11(9)13)16-6-2-3-10(7-14)8-16/h4-5,10H,2-3,6-8H2,1H3. The van der Waals surface area contributed by atoms with Gasteiger partial charge in [0.1, 0.15) is 5.82 Å². The average Bonchev–Trinajstić information content (AvgIpc) is 2.33. The molecule has 1 aromatic rings. The molecule has 88 valence electrons. The lowest BCUT2D eigenvalue weighted by Gasteiger charge is -2.33. The molecule has 1 fully saturated rings. The number of anilines is 1. The van der Waals surface area contributed by atoms with Crippen molar-refractivity contribution in [3.8, 4) is 0 Å². The van der Waals surface area contributed by atoms with E-state index in [1.54, 1.807) is 0 Å². The monoisotopic (exact) mass is 302 g/mol. The molecule has 0 aromatic carbocycles. The Balaban J connectivity index is 2.20. The number of hydrogen-bond donors (Lipinski definition) is 0. The lowest BCUT2D eigenvalue weighted by molar-refractivity contribution is 0.448. The van der Waals surface area contributed by atoms with Crippen LogP contribution in [0.5, 0.6) is 0 Å². The zero-order chi connectivity index (χ0) is 11.5. The lowest BCUT2D eigenvalue weighted by atomic mass is 10.00. The molecule has 0 radical (unpaired) electrons. The first kappa shape index (κ1) is 12.2. The lowest BCUT2D eigenvalue weighted by Crippen LogP contribution is -2.36. The van der Waals surface area contributed by atoms with E-state index >= 15 is 0 Å². The first-order valence-electron chi connectivity index (χ1n) is 5.64. The molecule has 2 rings (SSSR count). The maximum atomic E-state index is 5.95. The Hall–Kier alpha value is -0.280. The van der Waals surface area contributed by atoms with Crippen molar-refractivity contribution in [2.45, 2.75) is 19.8 Å². The summed E-state index contributed by atoms with van der Waals surface area (Å²) in [4.78, 5) is 6.81. The quantitative estimate of drug-likeness (QED) is 0.776. The van der Waals surface area contributed by atoms with E-state index in [9.17, 15) is 0 Å². The molecule has 16 heavy (non-hydrogen) atoms. The first-order valence-corrected chi connectivity index (χ1v) is 6.97. The van der Waals surface area contributed by atoms with Crippen LogP contribution in [0.25, 0.3) is 0 Å². The van der Waals surface area contributed by atoms with E-state index in [1.807, 2.05) is 12.3 Å². The Morgan fingerprint density at radius 3 is 3.19 bits per heavy atom. The van der Waals surface area contributed by atoms with Crippen LogP contribution in [-0.2, 0) is 0 Å². The SMILES string of the molecule is Cc1ccnc(N2CCCC(CCl)C2)c1Br. The number of piperidine rings is 1. The van der Waals surface area contributed by atoms with Crippen molar-refractivity contribution in [1.29, 1.82) is 0 Å². The molecule has 0 bridgehead atoms. The fourth-order valence-electron chi connectivity index (χ4n) is 2.13. The number of aromatic nitrogens is 1. The summed E-state index contributed by atoms with van der Waals surface area (Å²) in [7, 11) is 0. The van der Waals surface area contributed by atoms with Crippen LogP contribution in [0.2, 0.25) is 0 Å². The summed E-state index contributed by atoms with van der Waals surface area (Å²) < 4.78 is 1.12. The van der Waals surface area contributed by atoms with E-state index < -0.39 is 0 Å². The summed E-state index contributed by atoms with van der Waals surface area (Å²) in [5, 5.41) is 0. The number of halogens is 2. The summed E-state index contributed by atoms with van der Waals surface area (Å²) in [6, 6.07) is 2.02. The Bertz CT molecular complexity index is 370. The van der Waals surface area contributed by atoms with Gasteiger partial charge >= 0.3 is 0 Å². The Morgan fingerprint density at radius 1 is 1.62 bits per heavy atom. The number of nitrogens with zero attached hydrogens (tertiary/aromatic N) is 2. The van der Waals surface area contributed by atoms with Gasteiger partial charge in [-0.2, -0.15) is 0 Å². The van der Waals surface area contributed by atoms with Crippen molar-refractivity contribution in [1.82, 2.24) is 4.98 Å². The fourth-order valence-corrected chi connectivity index (χ4v) is 2.87. The van der Waals surface area contributed by atoms with E-state index in [-0.39, 0.29) is 0 Å². The van der Waals surface area contributed by atoms with Crippen LogP contribution in [0.1, 0.15) is 18.4 Å². The summed E-state index contributed by atoms with van der Waals surface area (Å²) in [5.74, 6) is 2.42. The second-order valence-electron chi connectivity index (χ2n) is 4.37. The highest BCUT2D eigenvalue weighted by molar-refractivity contribution is 9.10.